The number of benzene rings is 1. The molecule has 1 rings (SSSR count). The van der Waals surface area contributed by atoms with Crippen molar-refractivity contribution in [2.75, 3.05) is 13.1 Å². The van der Waals surface area contributed by atoms with E-state index in [9.17, 15) is 0 Å². The summed E-state index contributed by atoms with van der Waals surface area (Å²) in [5, 5.41) is 4.59. The first kappa shape index (κ1) is 15.6. The summed E-state index contributed by atoms with van der Waals surface area (Å²) in [5.41, 5.74) is 0. The van der Waals surface area contributed by atoms with Gasteiger partial charge in [-0.25, -0.2) is 0 Å². The van der Waals surface area contributed by atoms with Crippen LogP contribution in [-0.2, 0) is 0 Å². The second kappa shape index (κ2) is 7.88. The molecule has 1 aromatic rings. The molecule has 0 saturated carbocycles. The predicted molar refractivity (Wildman–Crippen MR) is 78.9 cm³/mol. The Bertz CT molecular complexity index is 369. The van der Waals surface area contributed by atoms with Gasteiger partial charge in [0.1, 0.15) is 11.9 Å². The van der Waals surface area contributed by atoms with Gasteiger partial charge in [0.2, 0.25) is 0 Å². The molecule has 0 heterocycles. The number of nitrogens with one attached hydrogen (secondary N) is 1. The molecule has 4 heteroatoms. The van der Waals surface area contributed by atoms with Crippen LogP contribution in [0.2, 0.25) is 10.0 Å². The van der Waals surface area contributed by atoms with Gasteiger partial charge in [-0.05, 0) is 37.9 Å². The Morgan fingerprint density at radius 3 is 2.61 bits per heavy atom. The Morgan fingerprint density at radius 1 is 1.22 bits per heavy atom. The fourth-order valence-electron chi connectivity index (χ4n) is 1.52. The van der Waals surface area contributed by atoms with Crippen LogP contribution in [0.4, 0.5) is 0 Å². The highest BCUT2D eigenvalue weighted by molar-refractivity contribution is 6.34. The van der Waals surface area contributed by atoms with Crippen LogP contribution in [-0.4, -0.2) is 19.2 Å². The number of halogens is 2. The van der Waals surface area contributed by atoms with E-state index < -0.39 is 0 Å². The van der Waals surface area contributed by atoms with Gasteiger partial charge in [-0.3, -0.25) is 0 Å². The zero-order valence-electron chi connectivity index (χ0n) is 11.2. The average molecular weight is 290 g/mol. The molecule has 0 radical (unpaired) electrons. The van der Waals surface area contributed by atoms with Gasteiger partial charge in [-0.2, -0.15) is 0 Å². The highest BCUT2D eigenvalue weighted by Gasteiger charge is 2.08. The van der Waals surface area contributed by atoms with Crippen molar-refractivity contribution < 1.29 is 4.74 Å². The van der Waals surface area contributed by atoms with Crippen LogP contribution in [0.15, 0.2) is 18.2 Å². The Kier molecular flexibility index (Phi) is 6.83. The van der Waals surface area contributed by atoms with Crippen LogP contribution in [0, 0.1) is 5.92 Å². The zero-order chi connectivity index (χ0) is 13.5. The highest BCUT2D eigenvalue weighted by Crippen LogP contribution is 2.28. The first-order valence-corrected chi connectivity index (χ1v) is 7.07. The molecule has 0 saturated heterocycles. The van der Waals surface area contributed by atoms with Gasteiger partial charge < -0.3 is 10.1 Å². The minimum absolute atomic E-state index is 0.0631. The van der Waals surface area contributed by atoms with Gasteiger partial charge in [-0.15, -0.1) is 0 Å². The molecule has 0 aliphatic carbocycles. The standard InChI is InChI=1S/C14H21Cl2NO/c1-10(2)6-7-17-9-11(3)18-14-8-12(15)4-5-13(14)16/h4-5,8,10-11,17H,6-7,9H2,1-3H3. The lowest BCUT2D eigenvalue weighted by Crippen LogP contribution is -2.30. The molecule has 0 aliphatic heterocycles. The minimum Gasteiger partial charge on any atom is -0.488 e. The second-order valence-electron chi connectivity index (χ2n) is 4.89. The summed E-state index contributed by atoms with van der Waals surface area (Å²) < 4.78 is 5.75. The van der Waals surface area contributed by atoms with E-state index in [0.717, 1.165) is 19.0 Å². The third-order valence-electron chi connectivity index (χ3n) is 2.55. The average Bonchev–Trinajstić information content (AvgIpc) is 2.29. The third kappa shape index (κ3) is 5.94. The Labute approximate surface area is 120 Å². The summed E-state index contributed by atoms with van der Waals surface area (Å²) in [4.78, 5) is 0. The molecule has 1 aromatic carbocycles. The third-order valence-corrected chi connectivity index (χ3v) is 3.10. The summed E-state index contributed by atoms with van der Waals surface area (Å²) in [7, 11) is 0. The molecule has 0 bridgehead atoms. The topological polar surface area (TPSA) is 21.3 Å². The van der Waals surface area contributed by atoms with Crippen LogP contribution in [0.5, 0.6) is 5.75 Å². The number of rotatable bonds is 7. The Hall–Kier alpha value is -0.440. The van der Waals surface area contributed by atoms with Crippen LogP contribution >= 0.6 is 23.2 Å². The summed E-state index contributed by atoms with van der Waals surface area (Å²) >= 11 is 11.9. The van der Waals surface area contributed by atoms with Crippen LogP contribution in [0.25, 0.3) is 0 Å². The van der Waals surface area contributed by atoms with E-state index in [1.165, 1.54) is 6.42 Å². The second-order valence-corrected chi connectivity index (χ2v) is 5.73. The van der Waals surface area contributed by atoms with Crippen molar-refractivity contribution >= 4 is 23.2 Å². The summed E-state index contributed by atoms with van der Waals surface area (Å²) in [6.07, 6.45) is 1.23. The molecule has 102 valence electrons. The Morgan fingerprint density at radius 2 is 1.94 bits per heavy atom. The van der Waals surface area contributed by atoms with E-state index in [0.29, 0.717) is 15.8 Å². The summed E-state index contributed by atoms with van der Waals surface area (Å²) in [5.74, 6) is 1.36. The van der Waals surface area contributed by atoms with Gasteiger partial charge in [0.05, 0.1) is 5.02 Å². The molecular formula is C14H21Cl2NO. The monoisotopic (exact) mass is 289 g/mol. The predicted octanol–water partition coefficient (Wildman–Crippen LogP) is 4.40. The first-order chi connectivity index (χ1) is 8.49. The van der Waals surface area contributed by atoms with Crippen molar-refractivity contribution in [1.29, 1.82) is 0 Å². The number of ether oxygens (including phenoxy) is 1. The van der Waals surface area contributed by atoms with Crippen LogP contribution in [0.1, 0.15) is 27.2 Å². The van der Waals surface area contributed by atoms with Crippen molar-refractivity contribution in [3.8, 4) is 5.75 Å². The van der Waals surface area contributed by atoms with Gasteiger partial charge >= 0.3 is 0 Å². The normalized spacial score (nSPS) is 12.8. The lowest BCUT2D eigenvalue weighted by Gasteiger charge is -2.17. The molecule has 0 spiro atoms. The van der Waals surface area contributed by atoms with E-state index in [-0.39, 0.29) is 6.10 Å². The van der Waals surface area contributed by atoms with E-state index in [4.69, 9.17) is 27.9 Å². The maximum Gasteiger partial charge on any atom is 0.139 e. The van der Waals surface area contributed by atoms with Crippen molar-refractivity contribution in [3.63, 3.8) is 0 Å². The Balaban J connectivity index is 2.35. The fourth-order valence-corrected chi connectivity index (χ4v) is 1.85. The van der Waals surface area contributed by atoms with Gasteiger partial charge in [0.25, 0.3) is 0 Å². The van der Waals surface area contributed by atoms with Gasteiger partial charge in [0, 0.05) is 17.6 Å². The van der Waals surface area contributed by atoms with Crippen LogP contribution in [0.3, 0.4) is 0 Å². The van der Waals surface area contributed by atoms with E-state index in [2.05, 4.69) is 19.2 Å². The van der Waals surface area contributed by atoms with E-state index in [1.807, 2.05) is 6.92 Å². The smallest absolute Gasteiger partial charge is 0.139 e. The molecule has 0 amide bonds. The molecule has 0 aliphatic rings. The summed E-state index contributed by atoms with van der Waals surface area (Å²) in [6, 6.07) is 5.24. The zero-order valence-corrected chi connectivity index (χ0v) is 12.7. The lowest BCUT2D eigenvalue weighted by molar-refractivity contribution is 0.216. The number of hydrogen-bond acceptors (Lipinski definition) is 2. The molecule has 0 fully saturated rings. The van der Waals surface area contributed by atoms with Crippen molar-refractivity contribution in [3.05, 3.63) is 28.2 Å². The number of hydrogen-bond donors (Lipinski definition) is 1. The molecule has 18 heavy (non-hydrogen) atoms. The first-order valence-electron chi connectivity index (χ1n) is 6.31. The molecule has 2 nitrogen and oxygen atoms in total. The van der Waals surface area contributed by atoms with Gasteiger partial charge in [0.15, 0.2) is 0 Å². The van der Waals surface area contributed by atoms with Crippen LogP contribution < -0.4 is 10.1 Å². The van der Waals surface area contributed by atoms with Crippen molar-refractivity contribution in [2.45, 2.75) is 33.3 Å². The summed E-state index contributed by atoms with van der Waals surface area (Å²) in [6.45, 7) is 8.25. The fraction of sp³-hybridized carbons (Fsp3) is 0.571. The molecule has 1 atom stereocenters. The molecular weight excluding hydrogens is 269 g/mol. The lowest BCUT2D eigenvalue weighted by atomic mass is 10.1. The largest absolute Gasteiger partial charge is 0.488 e. The van der Waals surface area contributed by atoms with E-state index in [1.54, 1.807) is 18.2 Å². The highest BCUT2D eigenvalue weighted by atomic mass is 35.5. The quantitative estimate of drug-likeness (QED) is 0.752. The van der Waals surface area contributed by atoms with E-state index >= 15 is 0 Å². The maximum atomic E-state index is 6.04. The SMILES string of the molecule is CC(C)CCNCC(C)Oc1cc(Cl)ccc1Cl. The molecule has 1 unspecified atom stereocenters. The van der Waals surface area contributed by atoms with Crippen molar-refractivity contribution in [1.82, 2.24) is 5.32 Å². The molecule has 0 aromatic heterocycles. The molecule has 1 N–H and O–H groups in total. The minimum atomic E-state index is 0.0631. The van der Waals surface area contributed by atoms with Crippen molar-refractivity contribution in [2.24, 2.45) is 5.92 Å². The van der Waals surface area contributed by atoms with Gasteiger partial charge in [-0.1, -0.05) is 37.0 Å². The maximum absolute atomic E-state index is 6.04.